The van der Waals surface area contributed by atoms with E-state index in [-0.39, 0.29) is 0 Å². The predicted molar refractivity (Wildman–Crippen MR) is 48.9 cm³/mol. The monoisotopic (exact) mass is 277 g/mol. The first-order chi connectivity index (χ1) is 6.73. The minimum Gasteiger partial charge on any atom is -0.505 e. The zero-order valence-electron chi connectivity index (χ0n) is 6.79. The molecule has 1 aromatic rings. The third kappa shape index (κ3) is 2.67. The van der Waals surface area contributed by atoms with Crippen LogP contribution in [-0.2, 0) is 9.05 Å². The van der Waals surface area contributed by atoms with Crippen LogP contribution in [0.1, 0.15) is 12.1 Å². The van der Waals surface area contributed by atoms with Gasteiger partial charge in [0.1, 0.15) is 10.0 Å². The molecule has 84 valence electrons. The summed E-state index contributed by atoms with van der Waals surface area (Å²) in [5, 5.41) is 8.66. The SMILES string of the molecule is O=S(=O)(Cl)c1cc(Cl)nc(C(F)F)c1O. The van der Waals surface area contributed by atoms with E-state index in [0.717, 1.165) is 0 Å². The van der Waals surface area contributed by atoms with Gasteiger partial charge in [0.25, 0.3) is 15.5 Å². The van der Waals surface area contributed by atoms with Crippen LogP contribution in [0.4, 0.5) is 8.78 Å². The highest BCUT2D eigenvalue weighted by Gasteiger charge is 2.25. The Balaban J connectivity index is 3.56. The Kier molecular flexibility index (Phi) is 3.37. The van der Waals surface area contributed by atoms with Crippen LogP contribution in [0.25, 0.3) is 0 Å². The largest absolute Gasteiger partial charge is 0.505 e. The van der Waals surface area contributed by atoms with Gasteiger partial charge in [-0.3, -0.25) is 0 Å². The summed E-state index contributed by atoms with van der Waals surface area (Å²) in [6, 6.07) is 0.686. The van der Waals surface area contributed by atoms with Crippen molar-refractivity contribution in [2.75, 3.05) is 0 Å². The molecular formula is C6H3Cl2F2NO3S. The predicted octanol–water partition coefficient (Wildman–Crippen LogP) is 2.31. The highest BCUT2D eigenvalue weighted by atomic mass is 35.7. The van der Waals surface area contributed by atoms with Crippen LogP contribution < -0.4 is 0 Å². The minimum atomic E-state index is -4.35. The van der Waals surface area contributed by atoms with E-state index in [0.29, 0.717) is 6.07 Å². The van der Waals surface area contributed by atoms with E-state index >= 15 is 0 Å². The fraction of sp³-hybridized carbons (Fsp3) is 0.167. The maximum Gasteiger partial charge on any atom is 0.284 e. The summed E-state index contributed by atoms with van der Waals surface area (Å²) in [5.74, 6) is -1.19. The Morgan fingerprint density at radius 1 is 1.47 bits per heavy atom. The molecule has 4 nitrogen and oxygen atoms in total. The molecule has 0 aliphatic carbocycles. The lowest BCUT2D eigenvalue weighted by molar-refractivity contribution is 0.141. The van der Waals surface area contributed by atoms with Crippen LogP contribution in [0.15, 0.2) is 11.0 Å². The molecule has 0 amide bonds. The van der Waals surface area contributed by atoms with Crippen LogP contribution in [0.3, 0.4) is 0 Å². The summed E-state index contributed by atoms with van der Waals surface area (Å²) < 4.78 is 46.2. The van der Waals surface area contributed by atoms with Crippen LogP contribution in [-0.4, -0.2) is 18.5 Å². The summed E-state index contributed by atoms with van der Waals surface area (Å²) in [5.41, 5.74) is -1.12. The van der Waals surface area contributed by atoms with Gasteiger partial charge in [-0.25, -0.2) is 22.2 Å². The average molecular weight is 278 g/mol. The molecule has 0 atom stereocenters. The van der Waals surface area contributed by atoms with Crippen molar-refractivity contribution in [3.8, 4) is 5.75 Å². The molecule has 0 saturated carbocycles. The molecule has 0 aliphatic rings. The Labute approximate surface area is 92.9 Å². The summed E-state index contributed by atoms with van der Waals surface area (Å²) in [7, 11) is 0.546. The van der Waals surface area contributed by atoms with Crippen molar-refractivity contribution in [2.24, 2.45) is 0 Å². The first-order valence-corrected chi connectivity index (χ1v) is 6.04. The summed E-state index contributed by atoms with van der Waals surface area (Å²) in [4.78, 5) is 2.20. The normalized spacial score (nSPS) is 12.1. The van der Waals surface area contributed by atoms with Gasteiger partial charge in [0.15, 0.2) is 11.4 Å². The van der Waals surface area contributed by atoms with Crippen LogP contribution in [0, 0.1) is 0 Å². The second-order valence-corrected chi connectivity index (χ2v) is 5.34. The number of hydrogen-bond donors (Lipinski definition) is 1. The van der Waals surface area contributed by atoms with Gasteiger partial charge in [0.2, 0.25) is 0 Å². The van der Waals surface area contributed by atoms with Gasteiger partial charge in [0.05, 0.1) is 0 Å². The van der Waals surface area contributed by atoms with Crippen molar-refractivity contribution in [1.82, 2.24) is 4.98 Å². The van der Waals surface area contributed by atoms with Crippen molar-refractivity contribution >= 4 is 31.3 Å². The summed E-state index contributed by atoms with van der Waals surface area (Å²) in [6.45, 7) is 0. The van der Waals surface area contributed by atoms with Crippen molar-refractivity contribution in [1.29, 1.82) is 0 Å². The standard InChI is InChI=1S/C6H3Cl2F2NO3S/c7-3-1-2(15(8,13)14)5(12)4(11-3)6(9)10/h1,6,12H. The number of halogens is 4. The molecular weight excluding hydrogens is 275 g/mol. The molecule has 15 heavy (non-hydrogen) atoms. The lowest BCUT2D eigenvalue weighted by Crippen LogP contribution is -1.99. The van der Waals surface area contributed by atoms with E-state index in [9.17, 15) is 17.2 Å². The van der Waals surface area contributed by atoms with E-state index in [4.69, 9.17) is 27.4 Å². The second kappa shape index (κ2) is 4.07. The molecule has 0 saturated heterocycles. The molecule has 0 radical (unpaired) electrons. The number of aromatic nitrogens is 1. The Bertz CT molecular complexity index is 491. The van der Waals surface area contributed by atoms with E-state index in [1.54, 1.807) is 0 Å². The van der Waals surface area contributed by atoms with E-state index in [2.05, 4.69) is 4.98 Å². The van der Waals surface area contributed by atoms with Crippen molar-refractivity contribution in [3.05, 3.63) is 16.9 Å². The van der Waals surface area contributed by atoms with Crippen molar-refractivity contribution in [2.45, 2.75) is 11.3 Å². The van der Waals surface area contributed by atoms with Crippen molar-refractivity contribution < 1.29 is 22.3 Å². The number of hydrogen-bond acceptors (Lipinski definition) is 4. The molecule has 1 N–H and O–H groups in total. The molecule has 1 rings (SSSR count). The molecule has 1 aromatic heterocycles. The lowest BCUT2D eigenvalue weighted by atomic mass is 10.3. The molecule has 0 fully saturated rings. The number of aromatic hydroxyl groups is 1. The molecule has 1 heterocycles. The van der Waals surface area contributed by atoms with Crippen LogP contribution >= 0.6 is 22.3 Å². The number of nitrogens with zero attached hydrogens (tertiary/aromatic N) is 1. The average Bonchev–Trinajstić information content (AvgIpc) is 2.06. The first-order valence-electron chi connectivity index (χ1n) is 3.35. The van der Waals surface area contributed by atoms with Gasteiger partial charge < -0.3 is 5.11 Å². The van der Waals surface area contributed by atoms with Gasteiger partial charge in [-0.05, 0) is 6.07 Å². The van der Waals surface area contributed by atoms with Crippen molar-refractivity contribution in [3.63, 3.8) is 0 Å². The second-order valence-electron chi connectivity index (χ2n) is 2.42. The number of alkyl halides is 2. The van der Waals surface area contributed by atoms with E-state index in [1.807, 2.05) is 0 Å². The van der Waals surface area contributed by atoms with Gasteiger partial charge in [0, 0.05) is 10.7 Å². The highest BCUT2D eigenvalue weighted by molar-refractivity contribution is 8.13. The minimum absolute atomic E-state index is 0.498. The van der Waals surface area contributed by atoms with Gasteiger partial charge in [-0.1, -0.05) is 11.6 Å². The van der Waals surface area contributed by atoms with E-state index in [1.165, 1.54) is 0 Å². The summed E-state index contributed by atoms with van der Waals surface area (Å²) >= 11 is 5.29. The molecule has 0 aliphatic heterocycles. The Hall–Kier alpha value is -0.660. The smallest absolute Gasteiger partial charge is 0.284 e. The van der Waals surface area contributed by atoms with Gasteiger partial charge in [-0.2, -0.15) is 0 Å². The molecule has 0 bridgehead atoms. The number of pyridine rings is 1. The first kappa shape index (κ1) is 12.4. The molecule has 0 aromatic carbocycles. The fourth-order valence-corrected chi connectivity index (χ4v) is 2.05. The maximum atomic E-state index is 12.3. The third-order valence-electron chi connectivity index (χ3n) is 1.42. The highest BCUT2D eigenvalue weighted by Crippen LogP contribution is 2.35. The van der Waals surface area contributed by atoms with Crippen LogP contribution in [0.2, 0.25) is 5.15 Å². The Morgan fingerprint density at radius 2 is 2.00 bits per heavy atom. The van der Waals surface area contributed by atoms with E-state index < -0.39 is 37.0 Å². The molecule has 9 heteroatoms. The van der Waals surface area contributed by atoms with Gasteiger partial charge in [-0.15, -0.1) is 0 Å². The maximum absolute atomic E-state index is 12.3. The summed E-state index contributed by atoms with van der Waals surface area (Å²) in [6.07, 6.45) is -3.15. The van der Waals surface area contributed by atoms with Gasteiger partial charge >= 0.3 is 0 Å². The topological polar surface area (TPSA) is 67.3 Å². The quantitative estimate of drug-likeness (QED) is 0.665. The molecule has 0 unspecified atom stereocenters. The fourth-order valence-electron chi connectivity index (χ4n) is 0.841. The van der Waals surface area contributed by atoms with Crippen LogP contribution in [0.5, 0.6) is 5.75 Å². The third-order valence-corrected chi connectivity index (χ3v) is 2.95. The molecule has 0 spiro atoms. The zero-order chi connectivity index (χ0) is 11.8. The Morgan fingerprint density at radius 3 is 2.40 bits per heavy atom. The lowest BCUT2D eigenvalue weighted by Gasteiger charge is -2.06. The zero-order valence-corrected chi connectivity index (χ0v) is 9.11. The number of rotatable bonds is 2.